The molecule has 2 nitrogen and oxygen atoms in total. The lowest BCUT2D eigenvalue weighted by molar-refractivity contribution is -0.0811. The minimum Gasteiger partial charge on any atom is -0.508 e. The lowest BCUT2D eigenvalue weighted by Gasteiger charge is -2.32. The summed E-state index contributed by atoms with van der Waals surface area (Å²) in [7, 11) is 0. The summed E-state index contributed by atoms with van der Waals surface area (Å²) in [6.45, 7) is 0. The van der Waals surface area contributed by atoms with Gasteiger partial charge in [-0.05, 0) is 35.4 Å². The normalized spacial score (nSPS) is 25.7. The number of alkyl halides is 1. The van der Waals surface area contributed by atoms with Crippen molar-refractivity contribution in [2.24, 2.45) is 0 Å². The van der Waals surface area contributed by atoms with Gasteiger partial charge >= 0.3 is 0 Å². The molecule has 0 saturated carbocycles. The number of hydrogen-bond donors (Lipinski definition) is 1. The fourth-order valence-electron chi connectivity index (χ4n) is 2.67. The number of benzene rings is 2. The second-order valence-corrected chi connectivity index (χ2v) is 5.76. The van der Waals surface area contributed by atoms with Gasteiger partial charge in [0.2, 0.25) is 0 Å². The molecule has 0 bridgehead atoms. The molecule has 3 atom stereocenters. The number of ether oxygens (including phenoxy) is 1. The highest BCUT2D eigenvalue weighted by molar-refractivity contribution is 6.30. The molecular formula is C17H16ClFO2. The first kappa shape index (κ1) is 14.4. The van der Waals surface area contributed by atoms with Crippen molar-refractivity contribution in [3.8, 4) is 5.75 Å². The third-order valence-corrected chi connectivity index (χ3v) is 4.03. The molecule has 0 unspecified atom stereocenters. The van der Waals surface area contributed by atoms with Crippen LogP contribution in [0.15, 0.2) is 48.5 Å². The van der Waals surface area contributed by atoms with Crippen LogP contribution in [0.25, 0.3) is 0 Å². The minimum absolute atomic E-state index is 0.195. The summed E-state index contributed by atoms with van der Waals surface area (Å²) in [5.74, 6) is 0.195. The van der Waals surface area contributed by atoms with Crippen LogP contribution in [0.5, 0.6) is 5.75 Å². The van der Waals surface area contributed by atoms with Crippen LogP contribution in [0.2, 0.25) is 5.02 Å². The molecule has 1 N–H and O–H groups in total. The molecule has 110 valence electrons. The molecular weight excluding hydrogens is 291 g/mol. The Labute approximate surface area is 128 Å². The van der Waals surface area contributed by atoms with Crippen LogP contribution in [0.3, 0.4) is 0 Å². The maximum absolute atomic E-state index is 14.1. The number of phenols is 1. The lowest BCUT2D eigenvalue weighted by atomic mass is 9.94. The molecule has 1 fully saturated rings. The van der Waals surface area contributed by atoms with E-state index in [9.17, 15) is 9.50 Å². The first-order chi connectivity index (χ1) is 10.1. The van der Waals surface area contributed by atoms with Gasteiger partial charge in [-0.15, -0.1) is 0 Å². The lowest BCUT2D eigenvalue weighted by Crippen LogP contribution is -2.24. The molecule has 3 rings (SSSR count). The average Bonchev–Trinajstić information content (AvgIpc) is 2.48. The highest BCUT2D eigenvalue weighted by Crippen LogP contribution is 2.40. The fraction of sp³-hybridized carbons (Fsp3) is 0.294. The minimum atomic E-state index is -0.904. The Hall–Kier alpha value is -1.58. The molecule has 0 radical (unpaired) electrons. The van der Waals surface area contributed by atoms with Gasteiger partial charge in [0.15, 0.2) is 0 Å². The van der Waals surface area contributed by atoms with Crippen LogP contribution in [-0.2, 0) is 4.74 Å². The summed E-state index contributed by atoms with van der Waals surface area (Å²) >= 11 is 5.88. The SMILES string of the molecule is Oc1ccc([C@H]2C[C@@H](F)C[C@@H](c3ccc(Cl)cc3)O2)cc1. The van der Waals surface area contributed by atoms with E-state index in [0.717, 1.165) is 11.1 Å². The summed E-state index contributed by atoms with van der Waals surface area (Å²) in [6, 6.07) is 14.1. The molecule has 0 aromatic heterocycles. The van der Waals surface area contributed by atoms with Gasteiger partial charge in [-0.3, -0.25) is 0 Å². The van der Waals surface area contributed by atoms with E-state index in [1.807, 2.05) is 12.1 Å². The first-order valence-corrected chi connectivity index (χ1v) is 7.33. The molecule has 1 saturated heterocycles. The van der Waals surface area contributed by atoms with Crippen molar-refractivity contribution in [3.05, 3.63) is 64.7 Å². The van der Waals surface area contributed by atoms with Crippen LogP contribution in [-0.4, -0.2) is 11.3 Å². The quantitative estimate of drug-likeness (QED) is 0.848. The van der Waals surface area contributed by atoms with Crippen molar-refractivity contribution in [3.63, 3.8) is 0 Å². The number of aromatic hydroxyl groups is 1. The van der Waals surface area contributed by atoms with E-state index >= 15 is 0 Å². The van der Waals surface area contributed by atoms with Crippen LogP contribution >= 0.6 is 11.6 Å². The van der Waals surface area contributed by atoms with E-state index in [2.05, 4.69) is 0 Å². The monoisotopic (exact) mass is 306 g/mol. The average molecular weight is 307 g/mol. The van der Waals surface area contributed by atoms with E-state index < -0.39 is 6.17 Å². The smallest absolute Gasteiger partial charge is 0.115 e. The number of halogens is 2. The fourth-order valence-corrected chi connectivity index (χ4v) is 2.79. The predicted molar refractivity (Wildman–Crippen MR) is 80.3 cm³/mol. The van der Waals surface area contributed by atoms with Gasteiger partial charge in [0.05, 0.1) is 12.2 Å². The molecule has 1 aliphatic rings. The Morgan fingerprint density at radius 3 is 1.90 bits per heavy atom. The van der Waals surface area contributed by atoms with Crippen molar-refractivity contribution in [2.45, 2.75) is 31.2 Å². The zero-order chi connectivity index (χ0) is 14.8. The van der Waals surface area contributed by atoms with Gasteiger partial charge in [0, 0.05) is 17.9 Å². The Kier molecular flexibility index (Phi) is 4.13. The third-order valence-electron chi connectivity index (χ3n) is 3.77. The maximum atomic E-state index is 14.1. The summed E-state index contributed by atoms with van der Waals surface area (Å²) in [4.78, 5) is 0. The van der Waals surface area contributed by atoms with Gasteiger partial charge in [-0.25, -0.2) is 4.39 Å². The molecule has 21 heavy (non-hydrogen) atoms. The van der Waals surface area contributed by atoms with Crippen molar-refractivity contribution in [1.29, 1.82) is 0 Å². The van der Waals surface area contributed by atoms with Crippen LogP contribution in [0.4, 0.5) is 4.39 Å². The van der Waals surface area contributed by atoms with Crippen molar-refractivity contribution >= 4 is 11.6 Å². The standard InChI is InChI=1S/C17H16ClFO2/c18-13-5-1-11(2-6-13)16-9-14(19)10-17(21-16)12-3-7-15(20)8-4-12/h1-8,14,16-17,20H,9-10H2/t14-,16-,17+/m0/s1. The van der Waals surface area contributed by atoms with Gasteiger partial charge < -0.3 is 9.84 Å². The Morgan fingerprint density at radius 1 is 0.905 bits per heavy atom. The van der Waals surface area contributed by atoms with Gasteiger partial charge in [0.25, 0.3) is 0 Å². The third kappa shape index (κ3) is 3.36. The molecule has 0 amide bonds. The van der Waals surface area contributed by atoms with Crippen LogP contribution < -0.4 is 0 Å². The molecule has 0 aliphatic carbocycles. The van der Waals surface area contributed by atoms with Crippen molar-refractivity contribution in [2.75, 3.05) is 0 Å². The molecule has 4 heteroatoms. The van der Waals surface area contributed by atoms with E-state index in [1.54, 1.807) is 36.4 Å². The largest absolute Gasteiger partial charge is 0.508 e. The number of hydrogen-bond acceptors (Lipinski definition) is 2. The molecule has 1 heterocycles. The predicted octanol–water partition coefficient (Wildman–Crippen LogP) is 4.98. The first-order valence-electron chi connectivity index (χ1n) is 6.96. The number of phenolic OH excluding ortho intramolecular Hbond substituents is 1. The van der Waals surface area contributed by atoms with Crippen molar-refractivity contribution in [1.82, 2.24) is 0 Å². The second-order valence-electron chi connectivity index (χ2n) is 5.33. The highest BCUT2D eigenvalue weighted by Gasteiger charge is 2.31. The second kappa shape index (κ2) is 6.04. The van der Waals surface area contributed by atoms with E-state index in [1.165, 1.54) is 0 Å². The molecule has 2 aromatic carbocycles. The van der Waals surface area contributed by atoms with Gasteiger partial charge in [-0.2, -0.15) is 0 Å². The Bertz CT molecular complexity index is 544. The molecule has 2 aromatic rings. The Balaban J connectivity index is 1.81. The van der Waals surface area contributed by atoms with E-state index in [0.29, 0.717) is 17.9 Å². The van der Waals surface area contributed by atoms with Gasteiger partial charge in [-0.1, -0.05) is 35.9 Å². The maximum Gasteiger partial charge on any atom is 0.115 e. The topological polar surface area (TPSA) is 29.5 Å². The Morgan fingerprint density at radius 2 is 1.38 bits per heavy atom. The highest BCUT2D eigenvalue weighted by atomic mass is 35.5. The summed E-state index contributed by atoms with van der Waals surface area (Å²) in [5.41, 5.74) is 1.82. The number of rotatable bonds is 2. The zero-order valence-corrected chi connectivity index (χ0v) is 12.1. The van der Waals surface area contributed by atoms with E-state index in [4.69, 9.17) is 16.3 Å². The molecule has 0 spiro atoms. The van der Waals surface area contributed by atoms with Gasteiger partial charge in [0.1, 0.15) is 11.9 Å². The van der Waals surface area contributed by atoms with Crippen LogP contribution in [0, 0.1) is 0 Å². The van der Waals surface area contributed by atoms with E-state index in [-0.39, 0.29) is 18.0 Å². The zero-order valence-electron chi connectivity index (χ0n) is 11.4. The van der Waals surface area contributed by atoms with Crippen LogP contribution in [0.1, 0.15) is 36.2 Å². The summed E-state index contributed by atoms with van der Waals surface area (Å²) < 4.78 is 20.1. The van der Waals surface area contributed by atoms with Crippen molar-refractivity contribution < 1.29 is 14.2 Å². The summed E-state index contributed by atoms with van der Waals surface area (Å²) in [6.07, 6.45) is -0.775. The molecule has 1 aliphatic heterocycles. The summed E-state index contributed by atoms with van der Waals surface area (Å²) in [5, 5.41) is 9.99.